The van der Waals surface area contributed by atoms with E-state index in [9.17, 15) is 10.1 Å². The predicted octanol–water partition coefficient (Wildman–Crippen LogP) is 3.70. The van der Waals surface area contributed by atoms with Crippen LogP contribution in [-0.2, 0) is 0 Å². The van der Waals surface area contributed by atoms with E-state index in [1.54, 1.807) is 12.3 Å². The molecular formula is C14H17N3O2S. The van der Waals surface area contributed by atoms with E-state index in [0.717, 1.165) is 23.2 Å². The topological polar surface area (TPSA) is 68.1 Å². The normalized spacial score (nSPS) is 12.3. The molecule has 106 valence electrons. The van der Waals surface area contributed by atoms with Crippen LogP contribution in [0, 0.1) is 10.1 Å². The van der Waals surface area contributed by atoms with Crippen LogP contribution in [0.4, 0.5) is 11.4 Å². The second-order valence-corrected chi connectivity index (χ2v) is 5.60. The van der Waals surface area contributed by atoms with Crippen LogP contribution < -0.4 is 5.32 Å². The Morgan fingerprint density at radius 1 is 1.45 bits per heavy atom. The summed E-state index contributed by atoms with van der Waals surface area (Å²) in [5.74, 6) is 1.08. The Morgan fingerprint density at radius 3 is 2.95 bits per heavy atom. The highest BCUT2D eigenvalue weighted by atomic mass is 32.2. The van der Waals surface area contributed by atoms with Crippen LogP contribution in [0.3, 0.4) is 0 Å². The Labute approximate surface area is 121 Å². The number of hydrogen-bond donors (Lipinski definition) is 1. The lowest BCUT2D eigenvalue weighted by Crippen LogP contribution is -2.16. The molecular weight excluding hydrogens is 274 g/mol. The lowest BCUT2D eigenvalue weighted by Gasteiger charge is -2.16. The van der Waals surface area contributed by atoms with Crippen LogP contribution in [0.15, 0.2) is 30.5 Å². The van der Waals surface area contributed by atoms with Gasteiger partial charge in [0.1, 0.15) is 5.52 Å². The molecule has 20 heavy (non-hydrogen) atoms. The molecule has 1 N–H and O–H groups in total. The number of non-ortho nitro benzene ring substituents is 1. The average molecular weight is 291 g/mol. The highest BCUT2D eigenvalue weighted by molar-refractivity contribution is 7.98. The van der Waals surface area contributed by atoms with Crippen molar-refractivity contribution >= 4 is 34.0 Å². The van der Waals surface area contributed by atoms with Crippen molar-refractivity contribution in [2.45, 2.75) is 19.4 Å². The highest BCUT2D eigenvalue weighted by Gasteiger charge is 2.14. The third kappa shape index (κ3) is 3.19. The van der Waals surface area contributed by atoms with Gasteiger partial charge in [-0.1, -0.05) is 12.1 Å². The van der Waals surface area contributed by atoms with Crippen molar-refractivity contribution in [1.29, 1.82) is 0 Å². The van der Waals surface area contributed by atoms with Crippen molar-refractivity contribution in [1.82, 2.24) is 4.98 Å². The highest BCUT2D eigenvalue weighted by Crippen LogP contribution is 2.29. The molecule has 2 rings (SSSR count). The van der Waals surface area contributed by atoms with E-state index < -0.39 is 4.92 Å². The number of nitro groups is 1. The summed E-state index contributed by atoms with van der Waals surface area (Å²) in [6.45, 7) is 2.11. The van der Waals surface area contributed by atoms with Crippen molar-refractivity contribution in [2.24, 2.45) is 0 Å². The van der Waals surface area contributed by atoms with Gasteiger partial charge in [-0.3, -0.25) is 10.1 Å². The molecule has 1 aromatic carbocycles. The van der Waals surface area contributed by atoms with Crippen LogP contribution in [0.2, 0.25) is 0 Å². The summed E-state index contributed by atoms with van der Waals surface area (Å²) in [6.07, 6.45) is 4.73. The molecule has 0 fully saturated rings. The van der Waals surface area contributed by atoms with Gasteiger partial charge in [0, 0.05) is 29.4 Å². The number of anilines is 1. The van der Waals surface area contributed by atoms with Crippen LogP contribution >= 0.6 is 11.8 Å². The fraction of sp³-hybridized carbons (Fsp3) is 0.357. The maximum atomic E-state index is 11.0. The first-order chi connectivity index (χ1) is 9.63. The summed E-state index contributed by atoms with van der Waals surface area (Å²) in [4.78, 5) is 14.8. The molecule has 0 saturated heterocycles. The predicted molar refractivity (Wildman–Crippen MR) is 84.5 cm³/mol. The molecule has 0 aliphatic rings. The third-order valence-electron chi connectivity index (χ3n) is 3.10. The van der Waals surface area contributed by atoms with Gasteiger partial charge in [0.05, 0.1) is 4.92 Å². The summed E-state index contributed by atoms with van der Waals surface area (Å²) >= 11 is 1.81. The van der Waals surface area contributed by atoms with Crippen LogP contribution in [0.25, 0.3) is 10.9 Å². The zero-order chi connectivity index (χ0) is 14.5. The van der Waals surface area contributed by atoms with E-state index in [-0.39, 0.29) is 5.69 Å². The third-order valence-corrected chi connectivity index (χ3v) is 3.75. The number of nitrogens with zero attached hydrogens (tertiary/aromatic N) is 2. The summed E-state index contributed by atoms with van der Waals surface area (Å²) in [7, 11) is 0. The fourth-order valence-electron chi connectivity index (χ4n) is 2.07. The summed E-state index contributed by atoms with van der Waals surface area (Å²) < 4.78 is 0. The van der Waals surface area contributed by atoms with E-state index in [2.05, 4.69) is 23.5 Å². The smallest absolute Gasteiger partial charge is 0.295 e. The second-order valence-electron chi connectivity index (χ2n) is 4.62. The second kappa shape index (κ2) is 6.56. The minimum absolute atomic E-state index is 0.0444. The molecule has 1 atom stereocenters. The molecule has 1 aromatic heterocycles. The van der Waals surface area contributed by atoms with Crippen molar-refractivity contribution in [2.75, 3.05) is 17.3 Å². The SMILES string of the molecule is CSCCC(C)Nc1ccnc2c([N+](=O)[O-])cccc12. The van der Waals surface area contributed by atoms with Gasteiger partial charge in [-0.2, -0.15) is 11.8 Å². The lowest BCUT2D eigenvalue weighted by atomic mass is 10.1. The lowest BCUT2D eigenvalue weighted by molar-refractivity contribution is -0.383. The van der Waals surface area contributed by atoms with Gasteiger partial charge >= 0.3 is 0 Å². The van der Waals surface area contributed by atoms with Crippen molar-refractivity contribution < 1.29 is 4.92 Å². The summed E-state index contributed by atoms with van der Waals surface area (Å²) in [6, 6.07) is 7.21. The maximum Gasteiger partial charge on any atom is 0.295 e. The monoisotopic (exact) mass is 291 g/mol. The molecule has 6 heteroatoms. The minimum atomic E-state index is -0.393. The first-order valence-electron chi connectivity index (χ1n) is 6.41. The molecule has 0 spiro atoms. The van der Waals surface area contributed by atoms with E-state index >= 15 is 0 Å². The quantitative estimate of drug-likeness (QED) is 0.649. The molecule has 0 radical (unpaired) electrons. The van der Waals surface area contributed by atoms with Gasteiger partial charge in [-0.05, 0) is 31.4 Å². The molecule has 0 aliphatic carbocycles. The minimum Gasteiger partial charge on any atom is -0.382 e. The summed E-state index contributed by atoms with van der Waals surface area (Å²) in [5, 5.41) is 15.2. The Morgan fingerprint density at radius 2 is 2.25 bits per heavy atom. The fourth-order valence-corrected chi connectivity index (χ4v) is 2.66. The van der Waals surface area contributed by atoms with E-state index in [0.29, 0.717) is 11.6 Å². The van der Waals surface area contributed by atoms with Gasteiger partial charge in [0.2, 0.25) is 0 Å². The summed E-state index contributed by atoms with van der Waals surface area (Å²) in [5.41, 5.74) is 1.37. The number of thioether (sulfide) groups is 1. The van der Waals surface area contributed by atoms with E-state index in [1.807, 2.05) is 23.9 Å². The number of nitrogens with one attached hydrogen (secondary N) is 1. The van der Waals surface area contributed by atoms with Gasteiger partial charge in [-0.15, -0.1) is 0 Å². The average Bonchev–Trinajstić information content (AvgIpc) is 2.44. The van der Waals surface area contributed by atoms with E-state index in [4.69, 9.17) is 0 Å². The van der Waals surface area contributed by atoms with Gasteiger partial charge in [0.25, 0.3) is 5.69 Å². The first-order valence-corrected chi connectivity index (χ1v) is 7.80. The van der Waals surface area contributed by atoms with Crippen LogP contribution in [0.5, 0.6) is 0 Å². The number of para-hydroxylation sites is 1. The Balaban J connectivity index is 2.35. The molecule has 1 heterocycles. The molecule has 0 aliphatic heterocycles. The standard InChI is InChI=1S/C14H17N3O2S/c1-10(7-9-20-2)16-12-6-8-15-14-11(12)4-3-5-13(14)17(18)19/h3-6,8,10H,7,9H2,1-2H3,(H,15,16). The molecule has 0 amide bonds. The number of hydrogen-bond acceptors (Lipinski definition) is 5. The van der Waals surface area contributed by atoms with Crippen molar-refractivity contribution in [3.8, 4) is 0 Å². The Hall–Kier alpha value is -1.82. The van der Waals surface area contributed by atoms with Gasteiger partial charge in [0.15, 0.2) is 0 Å². The van der Waals surface area contributed by atoms with Crippen LogP contribution in [-0.4, -0.2) is 28.0 Å². The number of fused-ring (bicyclic) bond motifs is 1. The van der Waals surface area contributed by atoms with Gasteiger partial charge < -0.3 is 5.32 Å². The van der Waals surface area contributed by atoms with E-state index in [1.165, 1.54) is 6.07 Å². The molecule has 0 saturated carbocycles. The molecule has 2 aromatic rings. The molecule has 0 bridgehead atoms. The Bertz CT molecular complexity index is 618. The molecule has 1 unspecified atom stereocenters. The van der Waals surface area contributed by atoms with Crippen molar-refractivity contribution in [3.63, 3.8) is 0 Å². The molecule has 5 nitrogen and oxygen atoms in total. The number of nitro benzene ring substituents is 1. The van der Waals surface area contributed by atoms with Crippen molar-refractivity contribution in [3.05, 3.63) is 40.6 Å². The van der Waals surface area contributed by atoms with Crippen LogP contribution in [0.1, 0.15) is 13.3 Å². The van der Waals surface area contributed by atoms with Gasteiger partial charge in [-0.25, -0.2) is 4.98 Å². The number of pyridine rings is 1. The largest absolute Gasteiger partial charge is 0.382 e. The zero-order valence-electron chi connectivity index (χ0n) is 11.5. The number of aromatic nitrogens is 1. The maximum absolute atomic E-state index is 11.0. The Kier molecular flexibility index (Phi) is 4.79. The first kappa shape index (κ1) is 14.6. The number of rotatable bonds is 6. The zero-order valence-corrected chi connectivity index (χ0v) is 12.3. The number of benzene rings is 1.